The van der Waals surface area contributed by atoms with Gasteiger partial charge in [-0.3, -0.25) is 19.2 Å². The third-order valence-electron chi connectivity index (χ3n) is 9.60. The first-order chi connectivity index (χ1) is 15.7. The number of rotatable bonds is 3. The number of aliphatic hydroxyl groups is 1. The molecule has 4 rings (SSSR count). The maximum atomic E-state index is 13.8. The lowest BCUT2D eigenvalue weighted by Crippen LogP contribution is -2.72. The van der Waals surface area contributed by atoms with E-state index in [1.165, 1.54) is 20.8 Å². The van der Waals surface area contributed by atoms with Crippen molar-refractivity contribution < 1.29 is 38.5 Å². The zero-order valence-corrected chi connectivity index (χ0v) is 20.9. The molecule has 0 radical (unpaired) electrons. The lowest BCUT2D eigenvalue weighted by atomic mass is 9.38. The molecule has 1 N–H and O–H groups in total. The van der Waals surface area contributed by atoms with Gasteiger partial charge in [-0.05, 0) is 36.7 Å². The van der Waals surface area contributed by atoms with Gasteiger partial charge < -0.3 is 19.3 Å². The Kier molecular flexibility index (Phi) is 5.78. The minimum atomic E-state index is -1.33. The SMILES string of the molecule is C=C1C(=O)[C@@]23[C@H](O)[C@H]1CC[C@@H]2[C@]1(C)[C@@H](OC(C)=O)C[C@H](OC(C)=O)C(C)(C)[C@@H]1C[C@H]3OC(C)=O. The number of fused-ring (bicyclic) bond motifs is 3. The van der Waals surface area contributed by atoms with E-state index in [1.54, 1.807) is 0 Å². The first kappa shape index (κ1) is 24.9. The van der Waals surface area contributed by atoms with Crippen LogP contribution in [0, 0.1) is 34.0 Å². The number of aliphatic hydroxyl groups excluding tert-OH is 1. The highest BCUT2D eigenvalue weighted by atomic mass is 16.6. The van der Waals surface area contributed by atoms with Crippen molar-refractivity contribution in [2.45, 2.75) is 91.6 Å². The number of carbonyl (C=O) groups is 4. The number of hydrogen-bond acceptors (Lipinski definition) is 8. The summed E-state index contributed by atoms with van der Waals surface area (Å²) in [6, 6.07) is 0. The summed E-state index contributed by atoms with van der Waals surface area (Å²) in [6.07, 6.45) is -1.31. The minimum absolute atomic E-state index is 0.229. The van der Waals surface area contributed by atoms with Gasteiger partial charge in [-0.15, -0.1) is 0 Å². The van der Waals surface area contributed by atoms with Gasteiger partial charge >= 0.3 is 17.9 Å². The molecule has 8 nitrogen and oxygen atoms in total. The van der Waals surface area contributed by atoms with Crippen LogP contribution in [0.4, 0.5) is 0 Å². The van der Waals surface area contributed by atoms with Crippen molar-refractivity contribution in [1.29, 1.82) is 0 Å². The van der Waals surface area contributed by atoms with Crippen molar-refractivity contribution in [2.24, 2.45) is 34.0 Å². The van der Waals surface area contributed by atoms with Crippen LogP contribution in [0.15, 0.2) is 12.2 Å². The number of esters is 3. The molecular weight excluding hydrogens is 440 g/mol. The van der Waals surface area contributed by atoms with Crippen LogP contribution in [0.2, 0.25) is 0 Å². The van der Waals surface area contributed by atoms with E-state index >= 15 is 0 Å². The third-order valence-corrected chi connectivity index (χ3v) is 9.60. The van der Waals surface area contributed by atoms with Gasteiger partial charge in [0.05, 0.1) is 6.10 Å². The van der Waals surface area contributed by atoms with Crippen LogP contribution in [-0.4, -0.2) is 53.2 Å². The molecule has 0 heterocycles. The molecule has 4 saturated carbocycles. The van der Waals surface area contributed by atoms with Crippen LogP contribution in [0.3, 0.4) is 0 Å². The molecule has 0 unspecified atom stereocenters. The van der Waals surface area contributed by atoms with Gasteiger partial charge in [0, 0.05) is 43.9 Å². The lowest BCUT2D eigenvalue weighted by Gasteiger charge is -2.67. The fraction of sp³-hybridized carbons (Fsp3) is 0.769. The van der Waals surface area contributed by atoms with Crippen LogP contribution in [0.1, 0.15) is 67.2 Å². The van der Waals surface area contributed by atoms with Gasteiger partial charge in [0.2, 0.25) is 0 Å². The Hall–Kier alpha value is -2.22. The molecule has 0 aliphatic heterocycles. The van der Waals surface area contributed by atoms with Crippen molar-refractivity contribution >= 4 is 23.7 Å². The maximum Gasteiger partial charge on any atom is 0.302 e. The summed E-state index contributed by atoms with van der Waals surface area (Å²) in [5.41, 5.74) is -2.25. The van der Waals surface area contributed by atoms with Crippen LogP contribution in [0.25, 0.3) is 0 Å². The second-order valence-corrected chi connectivity index (χ2v) is 11.5. The quantitative estimate of drug-likeness (QED) is 0.376. The molecule has 0 saturated heterocycles. The molecule has 0 aromatic rings. The number of carbonyl (C=O) groups excluding carboxylic acids is 4. The number of Topliss-reactive ketones (excluding diaryl/α,β-unsaturated/α-hetero) is 1. The highest BCUT2D eigenvalue weighted by Crippen LogP contribution is 2.72. The summed E-state index contributed by atoms with van der Waals surface area (Å²) >= 11 is 0. The molecular formula is C26H36O8. The molecule has 8 heteroatoms. The highest BCUT2D eigenvalue weighted by molar-refractivity contribution is 6.04. The summed E-state index contributed by atoms with van der Waals surface area (Å²) in [5.74, 6) is -2.68. The molecule has 9 atom stereocenters. The fourth-order valence-electron chi connectivity index (χ4n) is 8.33. The molecule has 4 aliphatic carbocycles. The first-order valence-electron chi connectivity index (χ1n) is 12.1. The molecule has 1 spiro atoms. The van der Waals surface area contributed by atoms with E-state index < -0.39 is 64.5 Å². The maximum absolute atomic E-state index is 13.8. The molecule has 188 valence electrons. The standard InChI is InChI=1S/C26H36O8/c1-12-16-8-9-17-25(7)18(10-21(34-15(4)29)26(17,22(12)30)23(16)31)24(5,6)19(32-13(2)27)11-20(25)33-14(3)28/h16-21,23,31H,1,8-11H2,2-7H3/t16-,17+,18-,19-,20-,21+,23+,25-,26+/m0/s1. The van der Waals surface area contributed by atoms with Crippen molar-refractivity contribution in [2.75, 3.05) is 0 Å². The van der Waals surface area contributed by atoms with Crippen molar-refractivity contribution in [3.63, 3.8) is 0 Å². The second-order valence-electron chi connectivity index (χ2n) is 11.5. The smallest absolute Gasteiger partial charge is 0.302 e. The van der Waals surface area contributed by atoms with Crippen LogP contribution in [-0.2, 0) is 33.4 Å². The van der Waals surface area contributed by atoms with Gasteiger partial charge in [-0.2, -0.15) is 0 Å². The van der Waals surface area contributed by atoms with E-state index in [0.29, 0.717) is 24.8 Å². The van der Waals surface area contributed by atoms with Crippen molar-refractivity contribution in [3.8, 4) is 0 Å². The fourth-order valence-corrected chi connectivity index (χ4v) is 8.33. The van der Waals surface area contributed by atoms with Crippen LogP contribution >= 0.6 is 0 Å². The number of ether oxygens (including phenoxy) is 3. The summed E-state index contributed by atoms with van der Waals surface area (Å²) in [7, 11) is 0. The monoisotopic (exact) mass is 476 g/mol. The minimum Gasteiger partial charge on any atom is -0.462 e. The zero-order valence-electron chi connectivity index (χ0n) is 20.9. The van der Waals surface area contributed by atoms with E-state index in [9.17, 15) is 24.3 Å². The van der Waals surface area contributed by atoms with Gasteiger partial charge in [-0.25, -0.2) is 0 Å². The average molecular weight is 477 g/mol. The van der Waals surface area contributed by atoms with Crippen LogP contribution in [0.5, 0.6) is 0 Å². The van der Waals surface area contributed by atoms with Gasteiger partial charge in [-0.1, -0.05) is 27.4 Å². The predicted octanol–water partition coefficient (Wildman–Crippen LogP) is 2.75. The zero-order chi connectivity index (χ0) is 25.4. The molecule has 0 aromatic heterocycles. The predicted molar refractivity (Wildman–Crippen MR) is 120 cm³/mol. The average Bonchev–Trinajstić information content (AvgIpc) is 2.81. The molecule has 0 amide bonds. The molecule has 0 aromatic carbocycles. The van der Waals surface area contributed by atoms with E-state index in [-0.39, 0.29) is 24.0 Å². The highest BCUT2D eigenvalue weighted by Gasteiger charge is 2.77. The molecule has 4 aliphatic rings. The van der Waals surface area contributed by atoms with Gasteiger partial charge in [0.15, 0.2) is 5.78 Å². The molecule has 2 bridgehead atoms. The summed E-state index contributed by atoms with van der Waals surface area (Å²) in [5, 5.41) is 11.5. The van der Waals surface area contributed by atoms with E-state index in [1.807, 2.05) is 20.8 Å². The Labute approximate surface area is 200 Å². The topological polar surface area (TPSA) is 116 Å². The van der Waals surface area contributed by atoms with Crippen LogP contribution < -0.4 is 0 Å². The van der Waals surface area contributed by atoms with E-state index in [4.69, 9.17) is 14.2 Å². The summed E-state index contributed by atoms with van der Waals surface area (Å²) in [4.78, 5) is 50.2. The second kappa shape index (κ2) is 7.90. The van der Waals surface area contributed by atoms with Crippen molar-refractivity contribution in [1.82, 2.24) is 0 Å². The van der Waals surface area contributed by atoms with E-state index in [0.717, 1.165) is 0 Å². The molecule has 4 fully saturated rings. The third kappa shape index (κ3) is 3.13. The Balaban J connectivity index is 1.92. The largest absolute Gasteiger partial charge is 0.462 e. The summed E-state index contributed by atoms with van der Waals surface area (Å²) in [6.45, 7) is 14.0. The first-order valence-corrected chi connectivity index (χ1v) is 12.1. The van der Waals surface area contributed by atoms with Gasteiger partial charge in [0.25, 0.3) is 0 Å². The Morgan fingerprint density at radius 2 is 1.38 bits per heavy atom. The number of hydrogen-bond donors (Lipinski definition) is 1. The van der Waals surface area contributed by atoms with Crippen molar-refractivity contribution in [3.05, 3.63) is 12.2 Å². The number of ketones is 1. The van der Waals surface area contributed by atoms with E-state index in [2.05, 4.69) is 6.58 Å². The summed E-state index contributed by atoms with van der Waals surface area (Å²) < 4.78 is 17.4. The Morgan fingerprint density at radius 1 is 0.853 bits per heavy atom. The Bertz CT molecular complexity index is 952. The lowest BCUT2D eigenvalue weighted by molar-refractivity contribution is -0.275. The molecule has 34 heavy (non-hydrogen) atoms. The normalized spacial score (nSPS) is 44.5. The Morgan fingerprint density at radius 3 is 1.94 bits per heavy atom. The van der Waals surface area contributed by atoms with Gasteiger partial charge in [0.1, 0.15) is 23.7 Å².